The van der Waals surface area contributed by atoms with Crippen LogP contribution in [0.4, 0.5) is 10.5 Å². The molecule has 4 aromatic carbocycles. The summed E-state index contributed by atoms with van der Waals surface area (Å²) in [7, 11) is -4.11. The highest BCUT2D eigenvalue weighted by Crippen LogP contribution is 2.26. The molecule has 1 saturated heterocycles. The van der Waals surface area contributed by atoms with Crippen LogP contribution in [0.1, 0.15) is 16.7 Å². The molecule has 5 rings (SSSR count). The lowest BCUT2D eigenvalue weighted by atomic mass is 10.1. The molecule has 0 saturated carbocycles. The van der Waals surface area contributed by atoms with E-state index in [4.69, 9.17) is 20.5 Å². The van der Waals surface area contributed by atoms with Crippen LogP contribution in [0.5, 0.6) is 11.5 Å². The summed E-state index contributed by atoms with van der Waals surface area (Å²) in [5.41, 5.74) is 2.01. The van der Waals surface area contributed by atoms with E-state index in [1.165, 1.54) is 48.5 Å². The smallest absolute Gasteiger partial charge is 0.339 e. The Balaban J connectivity index is 1.33. The van der Waals surface area contributed by atoms with E-state index in [2.05, 4.69) is 5.32 Å². The van der Waals surface area contributed by atoms with Gasteiger partial charge in [0, 0.05) is 5.02 Å². The topological polar surface area (TPSA) is 119 Å². The maximum absolute atomic E-state index is 13.3. The molecule has 1 aliphatic rings. The minimum absolute atomic E-state index is 0.0179. The van der Waals surface area contributed by atoms with Gasteiger partial charge in [-0.1, -0.05) is 53.6 Å². The minimum Gasteiger partial charge on any atom is -0.489 e. The number of amides is 4. The average Bonchev–Trinajstić information content (AvgIpc) is 2.96. The van der Waals surface area contributed by atoms with Gasteiger partial charge in [-0.3, -0.25) is 14.9 Å². The Morgan fingerprint density at radius 1 is 0.857 bits per heavy atom. The number of halogens is 1. The highest BCUT2D eigenvalue weighted by Gasteiger charge is 2.36. The van der Waals surface area contributed by atoms with Gasteiger partial charge in [-0.25, -0.2) is 9.69 Å². The van der Waals surface area contributed by atoms with Crippen LogP contribution in [0.15, 0.2) is 108 Å². The zero-order valence-corrected chi connectivity index (χ0v) is 23.7. The van der Waals surface area contributed by atoms with Crippen LogP contribution in [0, 0.1) is 6.92 Å². The number of carbonyl (C=O) groups excluding carboxylic acids is 3. The first kappa shape index (κ1) is 28.6. The van der Waals surface area contributed by atoms with E-state index in [1.54, 1.807) is 42.5 Å². The van der Waals surface area contributed by atoms with E-state index in [-0.39, 0.29) is 28.5 Å². The van der Waals surface area contributed by atoms with E-state index < -0.39 is 28.0 Å². The van der Waals surface area contributed by atoms with Gasteiger partial charge in [-0.2, -0.15) is 8.42 Å². The number of hydrogen-bond donors (Lipinski definition) is 1. The van der Waals surface area contributed by atoms with Crippen molar-refractivity contribution in [3.05, 3.63) is 124 Å². The van der Waals surface area contributed by atoms with Crippen molar-refractivity contribution >= 4 is 51.3 Å². The van der Waals surface area contributed by atoms with Crippen molar-refractivity contribution in [1.29, 1.82) is 0 Å². The van der Waals surface area contributed by atoms with Gasteiger partial charge in [0.15, 0.2) is 0 Å². The predicted octanol–water partition coefficient (Wildman–Crippen LogP) is 5.66. The van der Waals surface area contributed by atoms with Crippen molar-refractivity contribution in [1.82, 2.24) is 5.32 Å². The Kier molecular flexibility index (Phi) is 8.10. The zero-order valence-electron chi connectivity index (χ0n) is 22.1. The number of urea groups is 1. The summed E-state index contributed by atoms with van der Waals surface area (Å²) < 4.78 is 36.4. The molecule has 4 aromatic rings. The fourth-order valence-electron chi connectivity index (χ4n) is 4.03. The number of nitrogens with one attached hydrogen (secondary N) is 1. The van der Waals surface area contributed by atoms with Gasteiger partial charge in [-0.05, 0) is 84.8 Å². The number of barbiturate groups is 1. The molecule has 0 aromatic heterocycles. The molecule has 0 bridgehead atoms. The van der Waals surface area contributed by atoms with Gasteiger partial charge < -0.3 is 8.92 Å². The van der Waals surface area contributed by atoms with Gasteiger partial charge in [0.2, 0.25) is 0 Å². The summed E-state index contributed by atoms with van der Waals surface area (Å²) >= 11 is 5.91. The lowest BCUT2D eigenvalue weighted by Crippen LogP contribution is -2.54. The minimum atomic E-state index is -4.11. The molecule has 0 spiro atoms. The first-order valence-corrected chi connectivity index (χ1v) is 14.4. The quantitative estimate of drug-likeness (QED) is 0.157. The summed E-state index contributed by atoms with van der Waals surface area (Å²) in [6, 6.07) is 24.6. The number of ether oxygens (including phenoxy) is 1. The molecule has 11 heteroatoms. The molecule has 0 aliphatic carbocycles. The SMILES string of the molecule is Cc1ccc(S(=O)(=O)Oc2cccc(/C=C3/C(=O)NC(=O)N(c4ccc(OCc5ccc(Cl)cc5)cc4)C3=O)c2)cc1. The molecule has 1 fully saturated rings. The average molecular weight is 603 g/mol. The largest absolute Gasteiger partial charge is 0.489 e. The van der Waals surface area contributed by atoms with E-state index in [0.717, 1.165) is 16.0 Å². The number of benzene rings is 4. The molecule has 212 valence electrons. The fraction of sp³-hybridized carbons (Fsp3) is 0.0645. The van der Waals surface area contributed by atoms with E-state index >= 15 is 0 Å². The first-order chi connectivity index (χ1) is 20.1. The maximum atomic E-state index is 13.3. The van der Waals surface area contributed by atoms with Gasteiger partial charge in [-0.15, -0.1) is 0 Å². The summed E-state index contributed by atoms with van der Waals surface area (Å²) in [6.45, 7) is 2.12. The van der Waals surface area contributed by atoms with Crippen LogP contribution < -0.4 is 19.1 Å². The highest BCUT2D eigenvalue weighted by atomic mass is 35.5. The summed E-state index contributed by atoms with van der Waals surface area (Å²) in [5.74, 6) is -1.25. The number of rotatable bonds is 8. The monoisotopic (exact) mass is 602 g/mol. The van der Waals surface area contributed by atoms with E-state index in [9.17, 15) is 22.8 Å². The normalized spacial score (nSPS) is 14.6. The Bertz CT molecular complexity index is 1800. The van der Waals surface area contributed by atoms with Crippen molar-refractivity contribution in [3.8, 4) is 11.5 Å². The molecular weight excluding hydrogens is 580 g/mol. The van der Waals surface area contributed by atoms with Crippen molar-refractivity contribution in [3.63, 3.8) is 0 Å². The zero-order chi connectivity index (χ0) is 29.9. The summed E-state index contributed by atoms with van der Waals surface area (Å²) in [5, 5.41) is 2.78. The molecule has 9 nitrogen and oxygen atoms in total. The molecule has 42 heavy (non-hydrogen) atoms. The van der Waals surface area contributed by atoms with Gasteiger partial charge in [0.25, 0.3) is 11.8 Å². The summed E-state index contributed by atoms with van der Waals surface area (Å²) in [6.07, 6.45) is 1.26. The Labute approximate surface area is 247 Å². The standard InChI is InChI=1S/C31H23ClN2O7S/c1-20-5-15-27(16-6-20)42(38,39)41-26-4-2-3-22(17-26)18-28-29(35)33-31(37)34(30(28)36)24-11-13-25(14-12-24)40-19-21-7-9-23(32)10-8-21/h2-18H,19H2,1H3,(H,33,35,37)/b28-18-. The molecule has 1 aliphatic heterocycles. The van der Waals surface area contributed by atoms with Crippen molar-refractivity contribution in [2.75, 3.05) is 4.90 Å². The Morgan fingerprint density at radius 3 is 2.24 bits per heavy atom. The van der Waals surface area contributed by atoms with Crippen molar-refractivity contribution < 1.29 is 31.7 Å². The molecule has 1 N–H and O–H groups in total. The van der Waals surface area contributed by atoms with Crippen molar-refractivity contribution in [2.45, 2.75) is 18.4 Å². The van der Waals surface area contributed by atoms with Crippen LogP contribution >= 0.6 is 11.6 Å². The number of anilines is 1. The van der Waals surface area contributed by atoms with Gasteiger partial charge in [0.1, 0.15) is 28.6 Å². The second kappa shape index (κ2) is 11.9. The van der Waals surface area contributed by atoms with Crippen LogP contribution in [0.3, 0.4) is 0 Å². The number of hydrogen-bond acceptors (Lipinski definition) is 7. The molecule has 0 unspecified atom stereocenters. The Hall–Kier alpha value is -4.93. The number of nitrogens with zero attached hydrogens (tertiary/aromatic N) is 1. The second-order valence-corrected chi connectivity index (χ2v) is 11.3. The van der Waals surface area contributed by atoms with Crippen molar-refractivity contribution in [2.24, 2.45) is 0 Å². The third-order valence-electron chi connectivity index (χ3n) is 6.20. The lowest BCUT2D eigenvalue weighted by Gasteiger charge is -2.26. The highest BCUT2D eigenvalue weighted by molar-refractivity contribution is 7.87. The van der Waals surface area contributed by atoms with Gasteiger partial charge in [0.05, 0.1) is 5.69 Å². The third kappa shape index (κ3) is 6.51. The molecule has 0 atom stereocenters. The van der Waals surface area contributed by atoms with E-state index in [0.29, 0.717) is 16.3 Å². The summed E-state index contributed by atoms with van der Waals surface area (Å²) in [4.78, 5) is 39.4. The van der Waals surface area contributed by atoms with Crippen LogP contribution in [-0.4, -0.2) is 26.3 Å². The maximum Gasteiger partial charge on any atom is 0.339 e. The molecule has 4 amide bonds. The van der Waals surface area contributed by atoms with E-state index in [1.807, 2.05) is 19.1 Å². The molecule has 0 radical (unpaired) electrons. The van der Waals surface area contributed by atoms with Crippen LogP contribution in [-0.2, 0) is 26.3 Å². The fourth-order valence-corrected chi connectivity index (χ4v) is 5.08. The number of aryl methyl sites for hydroxylation is 1. The van der Waals surface area contributed by atoms with Crippen LogP contribution in [0.2, 0.25) is 5.02 Å². The number of imide groups is 2. The van der Waals surface area contributed by atoms with Gasteiger partial charge >= 0.3 is 16.1 Å². The predicted molar refractivity (Wildman–Crippen MR) is 157 cm³/mol. The second-order valence-electron chi connectivity index (χ2n) is 9.29. The first-order valence-electron chi connectivity index (χ1n) is 12.6. The van der Waals surface area contributed by atoms with Crippen LogP contribution in [0.25, 0.3) is 6.08 Å². The lowest BCUT2D eigenvalue weighted by molar-refractivity contribution is -0.122. The number of carbonyl (C=O) groups is 3. The Morgan fingerprint density at radius 2 is 1.55 bits per heavy atom. The molecular formula is C31H23ClN2O7S. The third-order valence-corrected chi connectivity index (χ3v) is 7.71. The molecule has 1 heterocycles.